The van der Waals surface area contributed by atoms with E-state index in [-0.39, 0.29) is 11.4 Å². The third-order valence-corrected chi connectivity index (χ3v) is 5.66. The van der Waals surface area contributed by atoms with Gasteiger partial charge in [-0.25, -0.2) is 4.79 Å². The zero-order valence-corrected chi connectivity index (χ0v) is 16.6. The normalized spacial score (nSPS) is 18.7. The van der Waals surface area contributed by atoms with Crippen LogP contribution in [0.15, 0.2) is 18.2 Å². The van der Waals surface area contributed by atoms with Crippen LogP contribution in [-0.2, 0) is 17.8 Å². The molecule has 6 nitrogen and oxygen atoms in total. The third kappa shape index (κ3) is 5.01. The number of hydrogen-bond acceptors (Lipinski definition) is 3. The van der Waals surface area contributed by atoms with E-state index in [0.29, 0.717) is 18.9 Å². The summed E-state index contributed by atoms with van der Waals surface area (Å²) in [5.41, 5.74) is 3.03. The highest BCUT2D eigenvalue weighted by molar-refractivity contribution is 5.93. The van der Waals surface area contributed by atoms with E-state index in [4.69, 9.17) is 0 Å². The first kappa shape index (κ1) is 19.7. The number of piperidine rings is 1. The molecule has 2 aliphatic rings. The van der Waals surface area contributed by atoms with Crippen molar-refractivity contribution in [3.63, 3.8) is 0 Å². The maximum atomic E-state index is 11.6. The van der Waals surface area contributed by atoms with Gasteiger partial charge in [0.1, 0.15) is 0 Å². The highest BCUT2D eigenvalue weighted by Gasteiger charge is 2.30. The van der Waals surface area contributed by atoms with Gasteiger partial charge >= 0.3 is 6.09 Å². The van der Waals surface area contributed by atoms with Crippen molar-refractivity contribution in [2.75, 3.05) is 25.0 Å². The van der Waals surface area contributed by atoms with Crippen molar-refractivity contribution in [2.45, 2.75) is 58.5 Å². The molecule has 0 bridgehead atoms. The molecule has 0 aromatic heterocycles. The van der Waals surface area contributed by atoms with E-state index in [1.165, 1.54) is 11.1 Å². The minimum atomic E-state index is -0.832. The number of carbonyl (C=O) groups is 2. The molecule has 2 aliphatic heterocycles. The molecule has 0 saturated carbocycles. The van der Waals surface area contributed by atoms with Gasteiger partial charge in [-0.15, -0.1) is 0 Å². The molecule has 1 saturated heterocycles. The maximum Gasteiger partial charge on any atom is 0.407 e. The van der Waals surface area contributed by atoms with Gasteiger partial charge in [-0.2, -0.15) is 0 Å². The fourth-order valence-electron chi connectivity index (χ4n) is 4.00. The first-order valence-corrected chi connectivity index (χ1v) is 9.87. The van der Waals surface area contributed by atoms with E-state index in [0.717, 1.165) is 44.6 Å². The van der Waals surface area contributed by atoms with E-state index in [1.807, 2.05) is 20.8 Å². The summed E-state index contributed by atoms with van der Waals surface area (Å²) in [6, 6.07) is 6.39. The summed E-state index contributed by atoms with van der Waals surface area (Å²) in [5, 5.41) is 12.5. The molecule has 2 heterocycles. The number of carboxylic acid groups (broad SMARTS) is 1. The molecule has 1 aromatic carbocycles. The van der Waals surface area contributed by atoms with Crippen molar-refractivity contribution in [3.8, 4) is 0 Å². The van der Waals surface area contributed by atoms with Gasteiger partial charge in [-0.05, 0) is 76.2 Å². The fourth-order valence-corrected chi connectivity index (χ4v) is 4.00. The number of carbonyl (C=O) groups excluding carboxylic acids is 1. The Morgan fingerprint density at radius 3 is 2.59 bits per heavy atom. The lowest BCUT2D eigenvalue weighted by molar-refractivity contribution is -0.116. The van der Waals surface area contributed by atoms with Gasteiger partial charge in [0.05, 0.1) is 0 Å². The summed E-state index contributed by atoms with van der Waals surface area (Å²) in [6.45, 7) is 9.29. The Morgan fingerprint density at radius 2 is 1.96 bits per heavy atom. The Morgan fingerprint density at radius 1 is 1.26 bits per heavy atom. The smallest absolute Gasteiger partial charge is 0.407 e. The molecule has 148 valence electrons. The number of nitrogens with zero attached hydrogens (tertiary/aromatic N) is 2. The van der Waals surface area contributed by atoms with Crippen LogP contribution in [0.4, 0.5) is 10.5 Å². The molecule has 0 radical (unpaired) electrons. The fraction of sp³-hybridized carbons (Fsp3) is 0.619. The van der Waals surface area contributed by atoms with Crippen molar-refractivity contribution in [1.29, 1.82) is 0 Å². The predicted octanol–water partition coefficient (Wildman–Crippen LogP) is 3.56. The van der Waals surface area contributed by atoms with Crippen molar-refractivity contribution < 1.29 is 14.7 Å². The zero-order valence-electron chi connectivity index (χ0n) is 16.6. The summed E-state index contributed by atoms with van der Waals surface area (Å²) < 4.78 is 0. The molecule has 0 aliphatic carbocycles. The molecule has 27 heavy (non-hydrogen) atoms. The van der Waals surface area contributed by atoms with E-state index in [2.05, 4.69) is 28.4 Å². The second-order valence-electron chi connectivity index (χ2n) is 8.82. The van der Waals surface area contributed by atoms with E-state index < -0.39 is 6.09 Å². The Hall–Kier alpha value is -2.08. The van der Waals surface area contributed by atoms with Crippen molar-refractivity contribution in [3.05, 3.63) is 29.3 Å². The number of amides is 2. The standard InChI is InChI=1S/C21H31N3O3/c1-21(2,3)24(20(26)27)14-15-8-10-23(11-9-15)13-16-4-5-17-6-7-19(25)22-18(17)12-16/h4-5,12,15H,6-11,13-14H2,1-3H3,(H,22,25)(H,26,27). The van der Waals surface area contributed by atoms with Crippen molar-refractivity contribution in [2.24, 2.45) is 5.92 Å². The first-order valence-electron chi connectivity index (χ1n) is 9.87. The van der Waals surface area contributed by atoms with Crippen LogP contribution in [-0.4, -0.2) is 52.1 Å². The highest BCUT2D eigenvalue weighted by atomic mass is 16.4. The van der Waals surface area contributed by atoms with Gasteiger partial charge in [0.2, 0.25) is 5.91 Å². The van der Waals surface area contributed by atoms with Gasteiger partial charge in [0, 0.05) is 30.7 Å². The van der Waals surface area contributed by atoms with Crippen LogP contribution < -0.4 is 5.32 Å². The van der Waals surface area contributed by atoms with E-state index in [9.17, 15) is 14.7 Å². The summed E-state index contributed by atoms with van der Waals surface area (Å²) >= 11 is 0. The maximum absolute atomic E-state index is 11.6. The number of hydrogen-bond donors (Lipinski definition) is 2. The topological polar surface area (TPSA) is 72.9 Å². The summed E-state index contributed by atoms with van der Waals surface area (Å²) in [4.78, 5) is 27.1. The summed E-state index contributed by atoms with van der Waals surface area (Å²) in [7, 11) is 0. The minimum absolute atomic E-state index is 0.0993. The number of nitrogens with one attached hydrogen (secondary N) is 1. The van der Waals surface area contributed by atoms with Gasteiger partial charge in [0.25, 0.3) is 0 Å². The number of aryl methyl sites for hydroxylation is 1. The largest absolute Gasteiger partial charge is 0.465 e. The second kappa shape index (κ2) is 7.89. The molecule has 2 amide bonds. The number of anilines is 1. The lowest BCUT2D eigenvalue weighted by Crippen LogP contribution is -2.48. The molecule has 0 unspecified atom stereocenters. The van der Waals surface area contributed by atoms with Crippen LogP contribution in [0.2, 0.25) is 0 Å². The molecular formula is C21H31N3O3. The second-order valence-corrected chi connectivity index (χ2v) is 8.82. The van der Waals surface area contributed by atoms with Gasteiger partial charge < -0.3 is 15.3 Å². The molecule has 3 rings (SSSR count). The van der Waals surface area contributed by atoms with Crippen LogP contribution in [0.1, 0.15) is 51.2 Å². The quantitative estimate of drug-likeness (QED) is 0.846. The van der Waals surface area contributed by atoms with Gasteiger partial charge in [-0.1, -0.05) is 12.1 Å². The SMILES string of the molecule is CC(C)(C)N(CC1CCN(Cc2ccc3c(c2)NC(=O)CC3)CC1)C(=O)O. The van der Waals surface area contributed by atoms with Gasteiger partial charge in [-0.3, -0.25) is 9.69 Å². The molecule has 0 spiro atoms. The van der Waals surface area contributed by atoms with Crippen molar-refractivity contribution in [1.82, 2.24) is 9.80 Å². The van der Waals surface area contributed by atoms with Gasteiger partial charge in [0.15, 0.2) is 0 Å². The number of rotatable bonds is 4. The molecule has 1 aromatic rings. The third-order valence-electron chi connectivity index (χ3n) is 5.66. The Kier molecular flexibility index (Phi) is 5.75. The summed E-state index contributed by atoms with van der Waals surface area (Å²) in [6.07, 6.45) is 2.59. The molecular weight excluding hydrogens is 342 g/mol. The predicted molar refractivity (Wildman–Crippen MR) is 106 cm³/mol. The average molecular weight is 373 g/mol. The number of likely N-dealkylation sites (tertiary alicyclic amines) is 1. The number of fused-ring (bicyclic) bond motifs is 1. The van der Waals surface area contributed by atoms with E-state index in [1.54, 1.807) is 4.90 Å². The molecule has 1 fully saturated rings. The number of benzene rings is 1. The Balaban J connectivity index is 1.53. The average Bonchev–Trinajstić information content (AvgIpc) is 2.59. The Bertz CT molecular complexity index is 703. The van der Waals surface area contributed by atoms with Crippen LogP contribution >= 0.6 is 0 Å². The lowest BCUT2D eigenvalue weighted by Gasteiger charge is -2.39. The summed E-state index contributed by atoms with van der Waals surface area (Å²) in [5.74, 6) is 0.515. The Labute approximate surface area is 161 Å². The first-order chi connectivity index (χ1) is 12.7. The monoisotopic (exact) mass is 373 g/mol. The van der Waals surface area contributed by atoms with Crippen molar-refractivity contribution >= 4 is 17.7 Å². The van der Waals surface area contributed by atoms with Crippen LogP contribution in [0.3, 0.4) is 0 Å². The lowest BCUT2D eigenvalue weighted by atomic mass is 9.93. The zero-order chi connectivity index (χ0) is 19.6. The minimum Gasteiger partial charge on any atom is -0.465 e. The molecule has 2 N–H and O–H groups in total. The van der Waals surface area contributed by atoms with Crippen LogP contribution in [0.5, 0.6) is 0 Å². The van der Waals surface area contributed by atoms with E-state index >= 15 is 0 Å². The molecule has 0 atom stereocenters. The van der Waals surface area contributed by atoms with Crippen LogP contribution in [0.25, 0.3) is 0 Å². The van der Waals surface area contributed by atoms with Crippen LogP contribution in [0, 0.1) is 5.92 Å². The highest BCUT2D eigenvalue weighted by Crippen LogP contribution is 2.27. The molecule has 6 heteroatoms.